The molecule has 8 nitrogen and oxygen atoms in total. The first-order chi connectivity index (χ1) is 13.2. The van der Waals surface area contributed by atoms with Crippen LogP contribution in [0, 0.1) is 11.8 Å². The first-order valence-electron chi connectivity index (χ1n) is 9.14. The molecule has 0 amide bonds. The smallest absolute Gasteiger partial charge is 0.270 e. The Balaban J connectivity index is 0.00000107. The third-order valence-corrected chi connectivity index (χ3v) is 5.58. The molecular formula is C19H26N6O2. The maximum atomic E-state index is 10.1. The summed E-state index contributed by atoms with van der Waals surface area (Å²) < 4.78 is 5.78. The predicted molar refractivity (Wildman–Crippen MR) is 106 cm³/mol. The summed E-state index contributed by atoms with van der Waals surface area (Å²) in [4.78, 5) is 11.1. The fourth-order valence-corrected chi connectivity index (χ4v) is 4.14. The van der Waals surface area contributed by atoms with E-state index in [1.165, 1.54) is 0 Å². The summed E-state index contributed by atoms with van der Waals surface area (Å²) in [6.45, 7) is 1.65. The van der Waals surface area contributed by atoms with E-state index in [4.69, 9.17) is 10.2 Å². The van der Waals surface area contributed by atoms with E-state index in [2.05, 4.69) is 25.1 Å². The summed E-state index contributed by atoms with van der Waals surface area (Å²) in [5.41, 5.74) is 7.24. The lowest BCUT2D eigenvalue weighted by molar-refractivity contribution is 0.133. The van der Waals surface area contributed by atoms with Crippen molar-refractivity contribution in [2.75, 3.05) is 23.7 Å². The summed E-state index contributed by atoms with van der Waals surface area (Å²) >= 11 is 0. The Morgan fingerprint density at radius 1 is 1.11 bits per heavy atom. The molecule has 3 heterocycles. The zero-order chi connectivity index (χ0) is 18.4. The number of aromatic nitrogens is 4. The van der Waals surface area contributed by atoms with Crippen LogP contribution in [0.5, 0.6) is 0 Å². The van der Waals surface area contributed by atoms with Crippen LogP contribution in [0.1, 0.15) is 17.1 Å². The Morgan fingerprint density at radius 3 is 2.74 bits per heavy atom. The number of benzene rings is 1. The van der Waals surface area contributed by atoms with Gasteiger partial charge in [0.15, 0.2) is 11.5 Å². The summed E-state index contributed by atoms with van der Waals surface area (Å²) in [5.74, 6) is 2.45. The van der Waals surface area contributed by atoms with E-state index < -0.39 is 0 Å². The standard InChI is InChI=1S/C19H20N6O2.3H2/c20-17-16(19-24-23-18(27-19)11-4-2-1-3-5-11)22-15(8-21-17)25-9-12-6-7-14(26)13(12)10-25;;;/h1-5,8,12-14,26H,6-7,9-10H2,(H2,20,21);3*1H/t12-,13+,14?;;;/m1.../s1. The SMILES string of the molecule is Nc1ncc(N2C[C@H]3CCC(O)[C@H]3C2)nc1-c1nnc(-c2ccccc2)o1.[HH].[HH].[HH]. The number of hydrogen-bond donors (Lipinski definition) is 2. The van der Waals surface area contributed by atoms with E-state index in [1.54, 1.807) is 6.20 Å². The fraction of sp³-hybridized carbons (Fsp3) is 0.368. The number of nitrogens with zero attached hydrogens (tertiary/aromatic N) is 5. The second-order valence-corrected chi connectivity index (χ2v) is 7.21. The minimum Gasteiger partial charge on any atom is -0.414 e. The lowest BCUT2D eigenvalue weighted by Gasteiger charge is -2.19. The molecule has 2 aromatic heterocycles. The lowest BCUT2D eigenvalue weighted by Crippen LogP contribution is -2.25. The number of fused-ring (bicyclic) bond motifs is 1. The van der Waals surface area contributed by atoms with E-state index in [0.717, 1.165) is 37.3 Å². The van der Waals surface area contributed by atoms with Crippen LogP contribution >= 0.6 is 0 Å². The average molecular weight is 370 g/mol. The molecule has 2 fully saturated rings. The van der Waals surface area contributed by atoms with Gasteiger partial charge in [-0.15, -0.1) is 10.2 Å². The van der Waals surface area contributed by atoms with Crippen molar-refractivity contribution in [2.45, 2.75) is 18.9 Å². The molecule has 0 spiro atoms. The summed E-state index contributed by atoms with van der Waals surface area (Å²) in [6.07, 6.45) is 3.40. The van der Waals surface area contributed by atoms with Crippen LogP contribution < -0.4 is 10.6 Å². The topological polar surface area (TPSA) is 114 Å². The Kier molecular flexibility index (Phi) is 3.78. The second-order valence-electron chi connectivity index (χ2n) is 7.21. The van der Waals surface area contributed by atoms with Crippen LogP contribution in [0.15, 0.2) is 40.9 Å². The first-order valence-corrected chi connectivity index (χ1v) is 9.14. The van der Waals surface area contributed by atoms with Gasteiger partial charge in [0.2, 0.25) is 5.89 Å². The van der Waals surface area contributed by atoms with Gasteiger partial charge in [0.25, 0.3) is 5.89 Å². The Hall–Kier alpha value is -3.00. The van der Waals surface area contributed by atoms with E-state index in [9.17, 15) is 5.11 Å². The molecule has 1 saturated heterocycles. The molecule has 0 bridgehead atoms. The molecule has 1 unspecified atom stereocenters. The molecule has 2 aliphatic rings. The van der Waals surface area contributed by atoms with Gasteiger partial charge in [0.05, 0.1) is 12.3 Å². The van der Waals surface area contributed by atoms with Crippen molar-refractivity contribution < 1.29 is 13.8 Å². The highest BCUT2D eigenvalue weighted by Gasteiger charge is 2.42. The Labute approximate surface area is 160 Å². The number of anilines is 2. The summed E-state index contributed by atoms with van der Waals surface area (Å²) in [7, 11) is 0. The van der Waals surface area contributed by atoms with Gasteiger partial charge in [-0.25, -0.2) is 9.97 Å². The van der Waals surface area contributed by atoms with Crippen LogP contribution in [-0.4, -0.2) is 44.5 Å². The molecule has 1 aliphatic carbocycles. The third-order valence-electron chi connectivity index (χ3n) is 5.58. The number of rotatable bonds is 3. The van der Waals surface area contributed by atoms with E-state index in [0.29, 0.717) is 23.4 Å². The van der Waals surface area contributed by atoms with Crippen molar-refractivity contribution in [1.82, 2.24) is 20.2 Å². The van der Waals surface area contributed by atoms with Gasteiger partial charge in [-0.3, -0.25) is 0 Å². The molecule has 144 valence electrons. The molecule has 3 atom stereocenters. The fourth-order valence-electron chi connectivity index (χ4n) is 4.14. The zero-order valence-corrected chi connectivity index (χ0v) is 14.7. The molecule has 1 saturated carbocycles. The maximum absolute atomic E-state index is 10.1. The number of hydrogen-bond acceptors (Lipinski definition) is 8. The normalized spacial score (nSPS) is 24.3. The first kappa shape index (κ1) is 16.2. The number of aliphatic hydroxyl groups excluding tert-OH is 1. The molecule has 0 radical (unpaired) electrons. The van der Waals surface area contributed by atoms with Crippen LogP contribution in [0.3, 0.4) is 0 Å². The van der Waals surface area contributed by atoms with Crippen LogP contribution in [0.4, 0.5) is 11.6 Å². The summed E-state index contributed by atoms with van der Waals surface area (Å²) in [5, 5.41) is 18.3. The van der Waals surface area contributed by atoms with Crippen molar-refractivity contribution >= 4 is 11.6 Å². The Bertz CT molecular complexity index is 974. The third kappa shape index (κ3) is 2.82. The lowest BCUT2D eigenvalue weighted by atomic mass is 10.00. The van der Waals surface area contributed by atoms with E-state index in [1.807, 2.05) is 30.3 Å². The van der Waals surface area contributed by atoms with Crippen molar-refractivity contribution in [2.24, 2.45) is 11.8 Å². The zero-order valence-electron chi connectivity index (χ0n) is 14.7. The number of nitrogen functional groups attached to an aromatic ring is 1. The van der Waals surface area contributed by atoms with Gasteiger partial charge in [-0.05, 0) is 30.9 Å². The minimum atomic E-state index is -0.217. The molecule has 1 aromatic carbocycles. The van der Waals surface area contributed by atoms with Crippen molar-refractivity contribution in [3.63, 3.8) is 0 Å². The Morgan fingerprint density at radius 2 is 1.93 bits per heavy atom. The molecule has 5 rings (SSSR count). The number of aliphatic hydroxyl groups is 1. The highest BCUT2D eigenvalue weighted by Crippen LogP contribution is 2.39. The van der Waals surface area contributed by atoms with Gasteiger partial charge < -0.3 is 20.2 Å². The average Bonchev–Trinajstić information content (AvgIpc) is 3.41. The molecule has 27 heavy (non-hydrogen) atoms. The molecule has 3 N–H and O–H groups in total. The van der Waals surface area contributed by atoms with Crippen LogP contribution in [0.2, 0.25) is 0 Å². The van der Waals surface area contributed by atoms with E-state index >= 15 is 0 Å². The quantitative estimate of drug-likeness (QED) is 0.723. The molecular weight excluding hydrogens is 344 g/mol. The maximum Gasteiger partial charge on any atom is 0.270 e. The van der Waals surface area contributed by atoms with Gasteiger partial charge in [-0.1, -0.05) is 18.2 Å². The van der Waals surface area contributed by atoms with Crippen LogP contribution in [-0.2, 0) is 0 Å². The molecule has 8 heteroatoms. The molecule has 1 aliphatic heterocycles. The van der Waals surface area contributed by atoms with Crippen LogP contribution in [0.25, 0.3) is 23.0 Å². The van der Waals surface area contributed by atoms with Crippen molar-refractivity contribution in [1.29, 1.82) is 0 Å². The predicted octanol–water partition coefficient (Wildman–Crippen LogP) is 2.72. The van der Waals surface area contributed by atoms with Crippen molar-refractivity contribution in [3.05, 3.63) is 36.5 Å². The summed E-state index contributed by atoms with van der Waals surface area (Å²) in [6, 6.07) is 9.55. The van der Waals surface area contributed by atoms with Gasteiger partial charge in [-0.2, -0.15) is 0 Å². The van der Waals surface area contributed by atoms with Gasteiger partial charge in [0.1, 0.15) is 5.82 Å². The largest absolute Gasteiger partial charge is 0.414 e. The van der Waals surface area contributed by atoms with Crippen molar-refractivity contribution in [3.8, 4) is 23.0 Å². The number of nitrogens with two attached hydrogens (primary N) is 1. The van der Waals surface area contributed by atoms with Gasteiger partial charge >= 0.3 is 0 Å². The minimum absolute atomic E-state index is 0. The molecule has 3 aromatic rings. The highest BCUT2D eigenvalue weighted by atomic mass is 16.4. The monoisotopic (exact) mass is 370 g/mol. The van der Waals surface area contributed by atoms with Gasteiger partial charge in [0, 0.05) is 28.9 Å². The second kappa shape index (κ2) is 6.31. The van der Waals surface area contributed by atoms with E-state index in [-0.39, 0.29) is 22.1 Å². The highest BCUT2D eigenvalue weighted by molar-refractivity contribution is 5.65.